The second kappa shape index (κ2) is 7.34. The number of halogens is 1. The van der Waals surface area contributed by atoms with Gasteiger partial charge in [-0.25, -0.2) is 8.42 Å². The molecule has 2 aromatic carbocycles. The standard InChI is InChI=1S/C17H19ClN2O3S/c1-12(2)20(3)24(22,23)14-9-10-16(18)15(11-14)17(21)19-13-7-5-4-6-8-13/h4-12H,1-3H3,(H,19,21). The van der Waals surface area contributed by atoms with Gasteiger partial charge in [-0.05, 0) is 44.2 Å². The number of anilines is 1. The molecule has 0 bridgehead atoms. The Bertz CT molecular complexity index is 836. The maximum absolute atomic E-state index is 12.6. The van der Waals surface area contributed by atoms with Gasteiger partial charge in [-0.2, -0.15) is 4.31 Å². The Morgan fingerprint density at radius 2 is 1.75 bits per heavy atom. The molecule has 0 saturated carbocycles. The van der Waals surface area contributed by atoms with Crippen LogP contribution in [0.3, 0.4) is 0 Å². The molecule has 0 aliphatic carbocycles. The molecule has 0 radical (unpaired) electrons. The van der Waals surface area contributed by atoms with Crippen LogP contribution in [-0.4, -0.2) is 31.7 Å². The van der Waals surface area contributed by atoms with Crippen molar-refractivity contribution < 1.29 is 13.2 Å². The van der Waals surface area contributed by atoms with Gasteiger partial charge in [-0.15, -0.1) is 0 Å². The van der Waals surface area contributed by atoms with Crippen LogP contribution in [0.15, 0.2) is 53.4 Å². The van der Waals surface area contributed by atoms with Crippen molar-refractivity contribution in [2.45, 2.75) is 24.8 Å². The lowest BCUT2D eigenvalue weighted by atomic mass is 10.2. The molecule has 1 amide bonds. The maximum atomic E-state index is 12.6. The van der Waals surface area contributed by atoms with E-state index in [4.69, 9.17) is 11.6 Å². The van der Waals surface area contributed by atoms with Crippen molar-refractivity contribution in [2.75, 3.05) is 12.4 Å². The zero-order valence-corrected chi connectivity index (χ0v) is 15.2. The fourth-order valence-corrected chi connectivity index (χ4v) is 3.60. The van der Waals surface area contributed by atoms with E-state index in [9.17, 15) is 13.2 Å². The van der Waals surface area contributed by atoms with Crippen LogP contribution >= 0.6 is 11.6 Å². The molecule has 0 aliphatic heterocycles. The molecule has 7 heteroatoms. The number of nitrogens with zero attached hydrogens (tertiary/aromatic N) is 1. The number of hydrogen-bond donors (Lipinski definition) is 1. The largest absolute Gasteiger partial charge is 0.322 e. The molecule has 0 atom stereocenters. The summed E-state index contributed by atoms with van der Waals surface area (Å²) < 4.78 is 26.4. The number of para-hydroxylation sites is 1. The first kappa shape index (κ1) is 18.4. The Morgan fingerprint density at radius 3 is 2.33 bits per heavy atom. The highest BCUT2D eigenvalue weighted by molar-refractivity contribution is 7.89. The van der Waals surface area contributed by atoms with E-state index in [-0.39, 0.29) is 21.5 Å². The Morgan fingerprint density at radius 1 is 1.12 bits per heavy atom. The van der Waals surface area contributed by atoms with Gasteiger partial charge in [0.1, 0.15) is 0 Å². The first-order valence-corrected chi connectivity index (χ1v) is 9.19. The molecule has 0 spiro atoms. The van der Waals surface area contributed by atoms with E-state index in [1.807, 2.05) is 6.07 Å². The Labute approximate surface area is 147 Å². The predicted molar refractivity (Wildman–Crippen MR) is 95.9 cm³/mol. The average Bonchev–Trinajstić information content (AvgIpc) is 2.55. The van der Waals surface area contributed by atoms with Gasteiger partial charge >= 0.3 is 0 Å². The second-order valence-corrected chi connectivity index (χ2v) is 7.98. The number of hydrogen-bond acceptors (Lipinski definition) is 3. The molecular formula is C17H19ClN2O3S. The fourth-order valence-electron chi connectivity index (χ4n) is 2.00. The van der Waals surface area contributed by atoms with E-state index < -0.39 is 15.9 Å². The quantitative estimate of drug-likeness (QED) is 0.878. The Kier molecular flexibility index (Phi) is 5.64. The lowest BCUT2D eigenvalue weighted by Gasteiger charge is -2.21. The summed E-state index contributed by atoms with van der Waals surface area (Å²) in [6.07, 6.45) is 0. The molecule has 2 aromatic rings. The van der Waals surface area contributed by atoms with Crippen LogP contribution in [0, 0.1) is 0 Å². The van der Waals surface area contributed by atoms with E-state index in [1.54, 1.807) is 38.1 Å². The smallest absolute Gasteiger partial charge is 0.257 e. The molecule has 0 fully saturated rings. The third-order valence-corrected chi connectivity index (χ3v) is 5.98. The van der Waals surface area contributed by atoms with Crippen molar-refractivity contribution in [3.63, 3.8) is 0 Å². The first-order chi connectivity index (χ1) is 11.2. The molecule has 128 valence electrons. The number of sulfonamides is 1. The molecule has 0 saturated heterocycles. The molecule has 0 aromatic heterocycles. The molecule has 0 unspecified atom stereocenters. The summed E-state index contributed by atoms with van der Waals surface area (Å²) >= 11 is 6.08. The summed E-state index contributed by atoms with van der Waals surface area (Å²) in [5.41, 5.74) is 0.713. The van der Waals surface area contributed by atoms with Crippen LogP contribution in [-0.2, 0) is 10.0 Å². The average molecular weight is 367 g/mol. The maximum Gasteiger partial charge on any atom is 0.257 e. The normalized spacial score (nSPS) is 11.8. The van der Waals surface area contributed by atoms with Gasteiger partial charge in [0.2, 0.25) is 10.0 Å². The van der Waals surface area contributed by atoms with Gasteiger partial charge in [-0.1, -0.05) is 29.8 Å². The van der Waals surface area contributed by atoms with Gasteiger partial charge in [0.25, 0.3) is 5.91 Å². The van der Waals surface area contributed by atoms with Crippen molar-refractivity contribution in [1.29, 1.82) is 0 Å². The van der Waals surface area contributed by atoms with E-state index in [2.05, 4.69) is 5.32 Å². The molecular weight excluding hydrogens is 348 g/mol. The third-order valence-electron chi connectivity index (χ3n) is 3.62. The topological polar surface area (TPSA) is 66.5 Å². The van der Waals surface area contributed by atoms with E-state index >= 15 is 0 Å². The van der Waals surface area contributed by atoms with Crippen molar-refractivity contribution in [3.8, 4) is 0 Å². The molecule has 0 aliphatic rings. The number of amides is 1. The number of benzene rings is 2. The number of nitrogens with one attached hydrogen (secondary N) is 1. The van der Waals surface area contributed by atoms with E-state index in [1.165, 1.54) is 29.6 Å². The van der Waals surface area contributed by atoms with Crippen LogP contribution < -0.4 is 5.32 Å². The Hall–Kier alpha value is -1.89. The van der Waals surface area contributed by atoms with Gasteiger partial charge < -0.3 is 5.32 Å². The highest BCUT2D eigenvalue weighted by atomic mass is 35.5. The molecule has 2 rings (SSSR count). The zero-order valence-electron chi connectivity index (χ0n) is 13.7. The third kappa shape index (κ3) is 3.95. The van der Waals surface area contributed by atoms with Crippen LogP contribution in [0.4, 0.5) is 5.69 Å². The number of carbonyl (C=O) groups is 1. The highest BCUT2D eigenvalue weighted by Gasteiger charge is 2.25. The SMILES string of the molecule is CC(C)N(C)S(=O)(=O)c1ccc(Cl)c(C(=O)Nc2ccccc2)c1. The van der Waals surface area contributed by atoms with Crippen LogP contribution in [0.5, 0.6) is 0 Å². The molecule has 1 N–H and O–H groups in total. The van der Waals surface area contributed by atoms with Gasteiger partial charge in [-0.3, -0.25) is 4.79 Å². The van der Waals surface area contributed by atoms with Gasteiger partial charge in [0.15, 0.2) is 0 Å². The van der Waals surface area contributed by atoms with Crippen LogP contribution in [0.25, 0.3) is 0 Å². The van der Waals surface area contributed by atoms with E-state index in [0.717, 1.165) is 0 Å². The van der Waals surface area contributed by atoms with Crippen molar-refractivity contribution in [2.24, 2.45) is 0 Å². The van der Waals surface area contributed by atoms with Crippen LogP contribution in [0.2, 0.25) is 5.02 Å². The minimum absolute atomic E-state index is 0.0290. The second-order valence-electron chi connectivity index (χ2n) is 5.58. The first-order valence-electron chi connectivity index (χ1n) is 7.37. The van der Waals surface area contributed by atoms with Crippen molar-refractivity contribution in [3.05, 3.63) is 59.1 Å². The molecule has 0 heterocycles. The summed E-state index contributed by atoms with van der Waals surface area (Å²) in [7, 11) is -2.19. The minimum Gasteiger partial charge on any atom is -0.322 e. The summed E-state index contributed by atoms with van der Waals surface area (Å²) in [4.78, 5) is 12.4. The number of rotatable bonds is 5. The monoisotopic (exact) mass is 366 g/mol. The minimum atomic E-state index is -3.69. The van der Waals surface area contributed by atoms with Crippen LogP contribution in [0.1, 0.15) is 24.2 Å². The number of carbonyl (C=O) groups excluding carboxylic acids is 1. The van der Waals surface area contributed by atoms with Crippen molar-refractivity contribution in [1.82, 2.24) is 4.31 Å². The molecule has 24 heavy (non-hydrogen) atoms. The lowest BCUT2D eigenvalue weighted by Crippen LogP contribution is -2.33. The summed E-state index contributed by atoms with van der Waals surface area (Å²) in [6.45, 7) is 3.55. The summed E-state index contributed by atoms with van der Waals surface area (Å²) in [5.74, 6) is -0.463. The zero-order chi connectivity index (χ0) is 17.9. The van der Waals surface area contributed by atoms with Gasteiger partial charge in [0.05, 0.1) is 15.5 Å². The summed E-state index contributed by atoms with van der Waals surface area (Å²) in [5, 5.41) is 2.89. The predicted octanol–water partition coefficient (Wildman–Crippen LogP) is 3.62. The van der Waals surface area contributed by atoms with Gasteiger partial charge in [0, 0.05) is 18.8 Å². The van der Waals surface area contributed by atoms with E-state index in [0.29, 0.717) is 5.69 Å². The van der Waals surface area contributed by atoms with Crippen molar-refractivity contribution >= 4 is 33.2 Å². The lowest BCUT2D eigenvalue weighted by molar-refractivity contribution is 0.102. The highest BCUT2D eigenvalue weighted by Crippen LogP contribution is 2.24. The Balaban J connectivity index is 2.37. The fraction of sp³-hybridized carbons (Fsp3) is 0.235. The summed E-state index contributed by atoms with van der Waals surface area (Å²) in [6, 6.07) is 12.8. The molecule has 5 nitrogen and oxygen atoms in total.